The predicted molar refractivity (Wildman–Crippen MR) is 82.7 cm³/mol. The summed E-state index contributed by atoms with van der Waals surface area (Å²) in [5, 5.41) is 0. The van der Waals surface area contributed by atoms with Crippen molar-refractivity contribution in [3.05, 3.63) is 36.0 Å². The van der Waals surface area contributed by atoms with Gasteiger partial charge < -0.3 is 14.4 Å². The monoisotopic (exact) mass is 287 g/mol. The summed E-state index contributed by atoms with van der Waals surface area (Å²) in [5.74, 6) is 0.511. The molecule has 1 heterocycles. The number of benzene rings is 1. The second-order valence-corrected chi connectivity index (χ2v) is 5.04. The first-order valence-electron chi connectivity index (χ1n) is 6.78. The van der Waals surface area contributed by atoms with Crippen LogP contribution in [0.1, 0.15) is 18.5 Å². The lowest BCUT2D eigenvalue weighted by Gasteiger charge is -2.20. The van der Waals surface area contributed by atoms with Crippen LogP contribution >= 0.6 is 0 Å². The van der Waals surface area contributed by atoms with Crippen molar-refractivity contribution in [1.82, 2.24) is 14.9 Å². The Balaban J connectivity index is 2.45. The Labute approximate surface area is 125 Å². The Morgan fingerprint density at radius 1 is 1.14 bits per heavy atom. The van der Waals surface area contributed by atoms with Crippen LogP contribution in [-0.2, 0) is 0 Å². The Hall–Kier alpha value is -2.14. The number of hydrogen-bond donors (Lipinski definition) is 0. The minimum Gasteiger partial charge on any atom is -0.480 e. The molecule has 0 amide bonds. The van der Waals surface area contributed by atoms with E-state index in [9.17, 15) is 0 Å². The van der Waals surface area contributed by atoms with Crippen LogP contribution in [0.25, 0.3) is 11.1 Å². The van der Waals surface area contributed by atoms with Gasteiger partial charge in [0.15, 0.2) is 0 Å². The zero-order chi connectivity index (χ0) is 15.4. The third kappa shape index (κ3) is 3.31. The van der Waals surface area contributed by atoms with Crippen LogP contribution in [0.3, 0.4) is 0 Å². The topological polar surface area (TPSA) is 47.5 Å². The van der Waals surface area contributed by atoms with Gasteiger partial charge in [-0.15, -0.1) is 0 Å². The van der Waals surface area contributed by atoms with E-state index in [1.807, 2.05) is 12.1 Å². The molecule has 2 rings (SSSR count). The summed E-state index contributed by atoms with van der Waals surface area (Å²) in [5.41, 5.74) is 3.11. The van der Waals surface area contributed by atoms with Crippen LogP contribution in [-0.4, -0.2) is 43.2 Å². The van der Waals surface area contributed by atoms with Gasteiger partial charge in [-0.2, -0.15) is 4.98 Å². The van der Waals surface area contributed by atoms with Crippen molar-refractivity contribution >= 4 is 0 Å². The van der Waals surface area contributed by atoms with E-state index in [-0.39, 0.29) is 0 Å². The average Bonchev–Trinajstić information content (AvgIpc) is 2.53. The molecular formula is C16H21N3O2. The van der Waals surface area contributed by atoms with Crippen molar-refractivity contribution in [2.45, 2.75) is 13.0 Å². The molecule has 21 heavy (non-hydrogen) atoms. The zero-order valence-corrected chi connectivity index (χ0v) is 13.1. The van der Waals surface area contributed by atoms with Crippen molar-refractivity contribution < 1.29 is 9.47 Å². The normalized spacial score (nSPS) is 12.3. The van der Waals surface area contributed by atoms with E-state index < -0.39 is 0 Å². The Bertz CT molecular complexity index is 614. The second kappa shape index (κ2) is 6.54. The van der Waals surface area contributed by atoms with E-state index in [0.717, 1.165) is 11.1 Å². The molecule has 0 N–H and O–H groups in total. The maximum Gasteiger partial charge on any atom is 0.319 e. The predicted octanol–water partition coefficient (Wildman–Crippen LogP) is 2.78. The van der Waals surface area contributed by atoms with Gasteiger partial charge in [0, 0.05) is 12.2 Å². The number of ether oxygens (including phenoxy) is 2. The summed E-state index contributed by atoms with van der Waals surface area (Å²) < 4.78 is 10.4. The zero-order valence-electron chi connectivity index (χ0n) is 13.1. The van der Waals surface area contributed by atoms with Gasteiger partial charge in [0.1, 0.15) is 0 Å². The molecule has 0 aliphatic carbocycles. The average molecular weight is 287 g/mol. The molecule has 5 heteroatoms. The molecule has 0 fully saturated rings. The van der Waals surface area contributed by atoms with Crippen molar-refractivity contribution in [3.63, 3.8) is 0 Å². The molecule has 0 spiro atoms. The molecule has 0 saturated heterocycles. The summed E-state index contributed by atoms with van der Waals surface area (Å²) >= 11 is 0. The van der Waals surface area contributed by atoms with E-state index in [0.29, 0.717) is 17.9 Å². The quantitative estimate of drug-likeness (QED) is 0.846. The molecule has 112 valence electrons. The molecule has 0 radical (unpaired) electrons. The highest BCUT2D eigenvalue weighted by molar-refractivity contribution is 5.68. The van der Waals surface area contributed by atoms with Gasteiger partial charge in [-0.3, -0.25) is 0 Å². The fourth-order valence-electron chi connectivity index (χ4n) is 2.07. The van der Waals surface area contributed by atoms with Crippen molar-refractivity contribution in [2.24, 2.45) is 0 Å². The molecule has 0 unspecified atom stereocenters. The third-order valence-corrected chi connectivity index (χ3v) is 3.56. The number of nitrogens with zero attached hydrogens (tertiary/aromatic N) is 3. The van der Waals surface area contributed by atoms with Crippen molar-refractivity contribution in [1.29, 1.82) is 0 Å². The maximum atomic E-state index is 5.35. The number of rotatable bonds is 5. The first-order valence-corrected chi connectivity index (χ1v) is 6.78. The lowest BCUT2D eigenvalue weighted by Crippen LogP contribution is -2.16. The SMILES string of the molecule is COc1ncc(-c2cccc([C@H](C)N(C)C)c2)c(OC)n1. The molecule has 1 atom stereocenters. The Kier molecular flexibility index (Phi) is 4.75. The summed E-state index contributed by atoms with van der Waals surface area (Å²) in [6.45, 7) is 2.17. The fourth-order valence-corrected chi connectivity index (χ4v) is 2.07. The van der Waals surface area contributed by atoms with Crippen LogP contribution in [0, 0.1) is 0 Å². The van der Waals surface area contributed by atoms with Crippen LogP contribution in [0.2, 0.25) is 0 Å². The highest BCUT2D eigenvalue weighted by Crippen LogP contribution is 2.31. The third-order valence-electron chi connectivity index (χ3n) is 3.56. The van der Waals surface area contributed by atoms with Gasteiger partial charge in [0.05, 0.1) is 19.8 Å². The molecular weight excluding hydrogens is 266 g/mol. The van der Waals surface area contributed by atoms with E-state index in [1.165, 1.54) is 12.7 Å². The van der Waals surface area contributed by atoms with Crippen LogP contribution < -0.4 is 9.47 Å². The molecule has 1 aromatic heterocycles. The molecule has 0 aliphatic heterocycles. The minimum atomic E-state index is 0.299. The lowest BCUT2D eigenvalue weighted by atomic mass is 10.0. The summed E-state index contributed by atoms with van der Waals surface area (Å²) in [7, 11) is 7.26. The van der Waals surface area contributed by atoms with Gasteiger partial charge in [-0.25, -0.2) is 4.98 Å². The fraction of sp³-hybridized carbons (Fsp3) is 0.375. The second-order valence-electron chi connectivity index (χ2n) is 5.04. The van der Waals surface area contributed by atoms with Gasteiger partial charge in [-0.1, -0.05) is 18.2 Å². The van der Waals surface area contributed by atoms with Crippen LogP contribution in [0.5, 0.6) is 11.9 Å². The van der Waals surface area contributed by atoms with Crippen molar-refractivity contribution in [3.8, 4) is 23.0 Å². The van der Waals surface area contributed by atoms with Gasteiger partial charge in [0.25, 0.3) is 0 Å². The largest absolute Gasteiger partial charge is 0.480 e. The van der Waals surface area contributed by atoms with Crippen molar-refractivity contribution in [2.75, 3.05) is 28.3 Å². The highest BCUT2D eigenvalue weighted by Gasteiger charge is 2.13. The van der Waals surface area contributed by atoms with E-state index in [1.54, 1.807) is 13.3 Å². The summed E-state index contributed by atoms with van der Waals surface area (Å²) in [6, 6.07) is 8.95. The Morgan fingerprint density at radius 2 is 1.90 bits per heavy atom. The minimum absolute atomic E-state index is 0.299. The molecule has 1 aromatic carbocycles. The number of methoxy groups -OCH3 is 2. The van der Waals surface area contributed by atoms with Crippen LogP contribution in [0.4, 0.5) is 0 Å². The van der Waals surface area contributed by atoms with E-state index in [2.05, 4.69) is 48.0 Å². The number of aromatic nitrogens is 2. The Morgan fingerprint density at radius 3 is 2.52 bits per heavy atom. The molecule has 0 saturated carbocycles. The van der Waals surface area contributed by atoms with Gasteiger partial charge in [0.2, 0.25) is 5.88 Å². The molecule has 5 nitrogen and oxygen atoms in total. The standard InChI is InChI=1S/C16H21N3O2/c1-11(19(2)3)12-7-6-8-13(9-12)14-10-17-16(21-5)18-15(14)20-4/h6-11H,1-5H3/t11-/m0/s1. The first-order chi connectivity index (χ1) is 10.1. The summed E-state index contributed by atoms with van der Waals surface area (Å²) in [4.78, 5) is 10.6. The number of hydrogen-bond acceptors (Lipinski definition) is 5. The summed E-state index contributed by atoms with van der Waals surface area (Å²) in [6.07, 6.45) is 1.73. The maximum absolute atomic E-state index is 5.35. The molecule has 0 bridgehead atoms. The first kappa shape index (κ1) is 15.3. The molecule has 0 aliphatic rings. The van der Waals surface area contributed by atoms with Crippen LogP contribution in [0.15, 0.2) is 30.5 Å². The van der Waals surface area contributed by atoms with Gasteiger partial charge in [-0.05, 0) is 38.2 Å². The highest BCUT2D eigenvalue weighted by atomic mass is 16.5. The smallest absolute Gasteiger partial charge is 0.319 e. The van der Waals surface area contributed by atoms with E-state index in [4.69, 9.17) is 9.47 Å². The van der Waals surface area contributed by atoms with E-state index >= 15 is 0 Å². The lowest BCUT2D eigenvalue weighted by molar-refractivity contribution is 0.321. The molecule has 2 aromatic rings. The van der Waals surface area contributed by atoms with Gasteiger partial charge >= 0.3 is 6.01 Å².